The SMILES string of the molecule is COP(=O)(O)OC[C@H]1OC(n2cnc3c(N)ncnc32)CC1N=[N+]=[N-]. The van der Waals surface area contributed by atoms with E-state index in [0.717, 1.165) is 7.11 Å². The first kappa shape index (κ1) is 17.5. The lowest BCUT2D eigenvalue weighted by molar-refractivity contribution is -0.0238. The third-order valence-corrected chi connectivity index (χ3v) is 4.67. The average Bonchev–Trinajstić information content (AvgIpc) is 3.18. The molecule has 0 aromatic carbocycles. The molecule has 1 saturated heterocycles. The zero-order chi connectivity index (χ0) is 18.0. The molecule has 1 aliphatic heterocycles. The summed E-state index contributed by atoms with van der Waals surface area (Å²) >= 11 is 0. The van der Waals surface area contributed by atoms with Gasteiger partial charge in [0, 0.05) is 18.4 Å². The number of nitrogen functional groups attached to an aromatic ring is 1. The fourth-order valence-electron chi connectivity index (χ4n) is 2.52. The maximum Gasteiger partial charge on any atom is 0.472 e. The van der Waals surface area contributed by atoms with Gasteiger partial charge in [0.2, 0.25) is 0 Å². The Morgan fingerprint density at radius 1 is 1.60 bits per heavy atom. The van der Waals surface area contributed by atoms with E-state index < -0.39 is 26.2 Å². The van der Waals surface area contributed by atoms with Crippen molar-refractivity contribution in [1.82, 2.24) is 19.5 Å². The van der Waals surface area contributed by atoms with Crippen molar-refractivity contribution < 1.29 is 23.2 Å². The lowest BCUT2D eigenvalue weighted by atomic mass is 10.1. The molecule has 4 atom stereocenters. The molecule has 0 bridgehead atoms. The summed E-state index contributed by atoms with van der Waals surface area (Å²) in [6, 6.07) is -0.608. The summed E-state index contributed by atoms with van der Waals surface area (Å²) in [5.41, 5.74) is 15.4. The molecule has 3 heterocycles. The lowest BCUT2D eigenvalue weighted by Crippen LogP contribution is -2.24. The molecule has 0 spiro atoms. The third kappa shape index (κ3) is 3.56. The number of rotatable bonds is 6. The number of hydrogen-bond acceptors (Lipinski definition) is 9. The Morgan fingerprint density at radius 2 is 2.40 bits per heavy atom. The van der Waals surface area contributed by atoms with Gasteiger partial charge in [-0.15, -0.1) is 0 Å². The Balaban J connectivity index is 1.82. The van der Waals surface area contributed by atoms with Gasteiger partial charge in [-0.05, 0) is 5.53 Å². The van der Waals surface area contributed by atoms with Crippen LogP contribution >= 0.6 is 7.82 Å². The van der Waals surface area contributed by atoms with Gasteiger partial charge in [-0.2, -0.15) is 0 Å². The number of phosphoric acid groups is 1. The molecule has 134 valence electrons. The number of nitrogens with two attached hydrogens (primary N) is 1. The molecule has 1 fully saturated rings. The van der Waals surface area contributed by atoms with Crippen molar-refractivity contribution in [2.75, 3.05) is 19.5 Å². The van der Waals surface area contributed by atoms with E-state index in [2.05, 4.69) is 29.5 Å². The molecule has 3 rings (SSSR count). The highest BCUT2D eigenvalue weighted by atomic mass is 31.2. The van der Waals surface area contributed by atoms with E-state index in [-0.39, 0.29) is 12.4 Å². The standard InChI is InChI=1S/C11H15N8O5P/c1-22-25(20,21)23-3-7-6(17-18-13)2-8(24-7)19-5-16-9-10(12)14-4-15-11(9)19/h4-8H,2-3H2,1H3,(H,20,21)(H2,12,14,15)/t6?,7-,8?/m1/s1. The van der Waals surface area contributed by atoms with E-state index in [1.54, 1.807) is 4.57 Å². The molecule has 0 amide bonds. The minimum absolute atomic E-state index is 0.231. The van der Waals surface area contributed by atoms with Crippen LogP contribution in [0.15, 0.2) is 17.8 Å². The molecule has 2 aromatic rings. The van der Waals surface area contributed by atoms with Gasteiger partial charge in [-0.1, -0.05) is 5.11 Å². The fourth-order valence-corrected chi connectivity index (χ4v) is 2.97. The highest BCUT2D eigenvalue weighted by molar-refractivity contribution is 7.47. The van der Waals surface area contributed by atoms with E-state index in [9.17, 15) is 9.46 Å². The first-order chi connectivity index (χ1) is 11.9. The second-order valence-electron chi connectivity index (χ2n) is 5.17. The van der Waals surface area contributed by atoms with Gasteiger partial charge in [0.25, 0.3) is 0 Å². The topological polar surface area (TPSA) is 183 Å². The van der Waals surface area contributed by atoms with Gasteiger partial charge in [0.15, 0.2) is 11.5 Å². The number of imidazole rings is 1. The second-order valence-corrected chi connectivity index (χ2v) is 6.73. The van der Waals surface area contributed by atoms with Crippen molar-refractivity contribution in [3.8, 4) is 0 Å². The van der Waals surface area contributed by atoms with E-state index >= 15 is 0 Å². The van der Waals surface area contributed by atoms with E-state index in [1.807, 2.05) is 0 Å². The van der Waals surface area contributed by atoms with Crippen LogP contribution in [-0.4, -0.2) is 50.3 Å². The second kappa shape index (κ2) is 6.92. The Hall–Kier alpha value is -2.27. The van der Waals surface area contributed by atoms with Crippen molar-refractivity contribution in [3.63, 3.8) is 0 Å². The van der Waals surface area contributed by atoms with Gasteiger partial charge < -0.3 is 15.4 Å². The largest absolute Gasteiger partial charge is 0.472 e. The molecule has 3 N–H and O–H groups in total. The Bertz CT molecular complexity index is 867. The number of fused-ring (bicyclic) bond motifs is 1. The maximum atomic E-state index is 11.4. The molecule has 14 heteroatoms. The van der Waals surface area contributed by atoms with Crippen molar-refractivity contribution in [2.24, 2.45) is 5.11 Å². The zero-order valence-corrected chi connectivity index (χ0v) is 13.9. The number of azide groups is 1. The Morgan fingerprint density at radius 3 is 3.12 bits per heavy atom. The van der Waals surface area contributed by atoms with Crippen molar-refractivity contribution >= 4 is 24.8 Å². The summed E-state index contributed by atoms with van der Waals surface area (Å²) in [6.45, 7) is -0.286. The predicted molar refractivity (Wildman–Crippen MR) is 84.0 cm³/mol. The van der Waals surface area contributed by atoms with Crippen LogP contribution in [0.5, 0.6) is 0 Å². The van der Waals surface area contributed by atoms with E-state index in [1.165, 1.54) is 12.7 Å². The van der Waals surface area contributed by atoms with Gasteiger partial charge in [-0.3, -0.25) is 13.6 Å². The summed E-state index contributed by atoms with van der Waals surface area (Å²) in [6.07, 6.45) is 1.79. The summed E-state index contributed by atoms with van der Waals surface area (Å²) in [7, 11) is -3.12. The molecular formula is C11H15N8O5P. The molecule has 25 heavy (non-hydrogen) atoms. The van der Waals surface area contributed by atoms with Crippen molar-refractivity contribution in [2.45, 2.75) is 24.8 Å². The molecule has 0 saturated carbocycles. The van der Waals surface area contributed by atoms with Gasteiger partial charge in [0.05, 0.1) is 25.1 Å². The first-order valence-electron chi connectivity index (χ1n) is 7.11. The molecule has 0 aliphatic carbocycles. The van der Waals surface area contributed by atoms with Crippen molar-refractivity contribution in [1.29, 1.82) is 0 Å². The molecular weight excluding hydrogens is 355 g/mol. The predicted octanol–water partition coefficient (Wildman–Crippen LogP) is 1.14. The van der Waals surface area contributed by atoms with Crippen LogP contribution in [0.4, 0.5) is 5.82 Å². The summed E-state index contributed by atoms with van der Waals surface area (Å²) in [5, 5.41) is 3.66. The highest BCUT2D eigenvalue weighted by Gasteiger charge is 2.38. The van der Waals surface area contributed by atoms with Crippen LogP contribution < -0.4 is 5.73 Å². The number of anilines is 1. The first-order valence-corrected chi connectivity index (χ1v) is 8.60. The van der Waals surface area contributed by atoms with E-state index in [4.69, 9.17) is 20.5 Å². The van der Waals surface area contributed by atoms with E-state index in [0.29, 0.717) is 17.6 Å². The zero-order valence-electron chi connectivity index (χ0n) is 13.0. The third-order valence-electron chi connectivity index (χ3n) is 3.73. The normalized spacial score (nSPS) is 25.6. The van der Waals surface area contributed by atoms with Gasteiger partial charge in [0.1, 0.15) is 18.1 Å². The monoisotopic (exact) mass is 370 g/mol. The van der Waals surface area contributed by atoms with Crippen LogP contribution in [0.3, 0.4) is 0 Å². The molecule has 0 radical (unpaired) electrons. The molecule has 3 unspecified atom stereocenters. The average molecular weight is 370 g/mol. The Kier molecular flexibility index (Phi) is 4.86. The number of aromatic nitrogens is 4. The van der Waals surface area contributed by atoms with Crippen LogP contribution in [0.2, 0.25) is 0 Å². The minimum atomic E-state index is -4.17. The van der Waals surface area contributed by atoms with Crippen LogP contribution in [0.25, 0.3) is 21.6 Å². The van der Waals surface area contributed by atoms with Gasteiger partial charge in [-0.25, -0.2) is 19.5 Å². The highest BCUT2D eigenvalue weighted by Crippen LogP contribution is 2.43. The maximum absolute atomic E-state index is 11.4. The van der Waals surface area contributed by atoms with Crippen LogP contribution in [0.1, 0.15) is 12.6 Å². The summed E-state index contributed by atoms with van der Waals surface area (Å²) < 4.78 is 28.0. The van der Waals surface area contributed by atoms with Crippen molar-refractivity contribution in [3.05, 3.63) is 23.1 Å². The number of hydrogen-bond donors (Lipinski definition) is 2. The minimum Gasteiger partial charge on any atom is -0.382 e. The van der Waals surface area contributed by atoms with Gasteiger partial charge >= 0.3 is 7.82 Å². The lowest BCUT2D eigenvalue weighted by Gasteiger charge is -2.17. The smallest absolute Gasteiger partial charge is 0.382 e. The Labute approximate surface area is 141 Å². The number of phosphoric ester groups is 1. The fraction of sp³-hybridized carbons (Fsp3) is 0.545. The molecule has 1 aliphatic rings. The summed E-state index contributed by atoms with van der Waals surface area (Å²) in [4.78, 5) is 24.3. The molecule has 13 nitrogen and oxygen atoms in total. The number of nitrogens with zero attached hydrogens (tertiary/aromatic N) is 7. The summed E-state index contributed by atoms with van der Waals surface area (Å²) in [5.74, 6) is 0.231. The van der Waals surface area contributed by atoms with Crippen LogP contribution in [-0.2, 0) is 18.3 Å². The quantitative estimate of drug-likeness (QED) is 0.325. The molecule has 2 aromatic heterocycles. The number of ether oxygens (including phenoxy) is 1. The van der Waals surface area contributed by atoms with Crippen LogP contribution in [0, 0.1) is 0 Å².